The number of anilines is 2. The summed E-state index contributed by atoms with van der Waals surface area (Å²) in [5.74, 6) is 2.01. The molecule has 0 aliphatic heterocycles. The Morgan fingerprint density at radius 2 is 1.76 bits per heavy atom. The van der Waals surface area contributed by atoms with Crippen LogP contribution in [0.2, 0.25) is 0 Å². The fraction of sp³-hybridized carbons (Fsp3) is 0.222. The van der Waals surface area contributed by atoms with Crippen LogP contribution in [0.15, 0.2) is 36.7 Å². The van der Waals surface area contributed by atoms with Gasteiger partial charge in [0, 0.05) is 18.0 Å². The van der Waals surface area contributed by atoms with Gasteiger partial charge in [-0.25, -0.2) is 24.5 Å². The molecule has 0 saturated carbocycles. The van der Waals surface area contributed by atoms with Gasteiger partial charge in [-0.1, -0.05) is 18.1 Å². The summed E-state index contributed by atoms with van der Waals surface area (Å²) >= 11 is 0. The number of carbonyl (C=O) groups excluding carboxylic acids is 2. The van der Waals surface area contributed by atoms with Crippen molar-refractivity contribution >= 4 is 23.7 Å². The number of carbonyl (C=O) groups is 2. The first-order valence-electron chi connectivity index (χ1n) is 7.64. The number of ether oxygens (including phenoxy) is 2. The van der Waals surface area contributed by atoms with Gasteiger partial charge in [-0.15, -0.1) is 6.42 Å². The van der Waals surface area contributed by atoms with Gasteiger partial charge in [-0.05, 0) is 26.0 Å². The summed E-state index contributed by atoms with van der Waals surface area (Å²) in [5, 5.41) is 0. The number of esters is 1. The molecule has 25 heavy (non-hydrogen) atoms. The Kier molecular flexibility index (Phi) is 6.07. The Balaban J connectivity index is 2.45. The third kappa shape index (κ3) is 4.12. The third-order valence-electron chi connectivity index (χ3n) is 3.10. The van der Waals surface area contributed by atoms with Crippen LogP contribution < -0.4 is 4.90 Å². The van der Waals surface area contributed by atoms with E-state index in [0.29, 0.717) is 11.3 Å². The van der Waals surface area contributed by atoms with E-state index in [2.05, 4.69) is 15.9 Å². The first-order chi connectivity index (χ1) is 12.1. The maximum absolute atomic E-state index is 12.4. The summed E-state index contributed by atoms with van der Waals surface area (Å²) in [5.41, 5.74) is 1.07. The lowest BCUT2D eigenvalue weighted by atomic mass is 10.2. The van der Waals surface area contributed by atoms with E-state index in [1.54, 1.807) is 38.1 Å². The number of para-hydroxylation sites is 1. The second-order valence-electron chi connectivity index (χ2n) is 4.69. The molecule has 0 radical (unpaired) electrons. The van der Waals surface area contributed by atoms with Gasteiger partial charge in [0.25, 0.3) is 0 Å². The number of terminal acetylenes is 1. The molecule has 1 amide bonds. The van der Waals surface area contributed by atoms with E-state index in [0.717, 1.165) is 4.90 Å². The van der Waals surface area contributed by atoms with Crippen molar-refractivity contribution in [1.82, 2.24) is 9.97 Å². The molecule has 1 aromatic carbocycles. The third-order valence-corrected chi connectivity index (χ3v) is 3.10. The molecule has 7 nitrogen and oxygen atoms in total. The molecule has 2 aromatic rings. The van der Waals surface area contributed by atoms with Crippen LogP contribution in [0.1, 0.15) is 29.8 Å². The Bertz CT molecular complexity index is 797. The van der Waals surface area contributed by atoms with Crippen LogP contribution >= 0.6 is 0 Å². The van der Waals surface area contributed by atoms with Gasteiger partial charge in [0.15, 0.2) is 0 Å². The number of hydrogen-bond acceptors (Lipinski definition) is 6. The summed E-state index contributed by atoms with van der Waals surface area (Å²) < 4.78 is 9.96. The highest BCUT2D eigenvalue weighted by atomic mass is 16.6. The Morgan fingerprint density at radius 1 is 1.12 bits per heavy atom. The average Bonchev–Trinajstić information content (AvgIpc) is 2.63. The van der Waals surface area contributed by atoms with Gasteiger partial charge < -0.3 is 9.47 Å². The number of amides is 1. The van der Waals surface area contributed by atoms with Gasteiger partial charge >= 0.3 is 12.1 Å². The zero-order valence-corrected chi connectivity index (χ0v) is 13.9. The zero-order valence-electron chi connectivity index (χ0n) is 13.9. The topological polar surface area (TPSA) is 81.6 Å². The fourth-order valence-corrected chi connectivity index (χ4v) is 2.02. The van der Waals surface area contributed by atoms with Crippen molar-refractivity contribution in [3.05, 3.63) is 47.8 Å². The van der Waals surface area contributed by atoms with Crippen molar-refractivity contribution in [1.29, 1.82) is 0 Å². The van der Waals surface area contributed by atoms with Crippen LogP contribution in [0.5, 0.6) is 0 Å². The summed E-state index contributed by atoms with van der Waals surface area (Å²) in [6.07, 6.45) is 7.40. The normalized spacial score (nSPS) is 9.80. The van der Waals surface area contributed by atoms with E-state index in [9.17, 15) is 9.59 Å². The second kappa shape index (κ2) is 8.45. The first kappa shape index (κ1) is 17.9. The van der Waals surface area contributed by atoms with Crippen LogP contribution in [0.3, 0.4) is 0 Å². The van der Waals surface area contributed by atoms with Crippen molar-refractivity contribution in [3.63, 3.8) is 0 Å². The molecule has 0 unspecified atom stereocenters. The van der Waals surface area contributed by atoms with Crippen molar-refractivity contribution in [2.75, 3.05) is 18.1 Å². The first-order valence-corrected chi connectivity index (χ1v) is 7.64. The average molecular weight is 339 g/mol. The number of aromatic nitrogens is 2. The molecule has 1 heterocycles. The maximum Gasteiger partial charge on any atom is 0.421 e. The molecule has 1 aromatic heterocycles. The maximum atomic E-state index is 12.4. The van der Waals surface area contributed by atoms with Gasteiger partial charge in [0.1, 0.15) is 0 Å². The summed E-state index contributed by atoms with van der Waals surface area (Å²) in [4.78, 5) is 33.4. The molecule has 0 N–H and O–H groups in total. The number of hydrogen-bond donors (Lipinski definition) is 0. The standard InChI is InChI=1S/C18H17N3O4/c1-4-13-9-7-8-10-15(13)21(18(23)25-6-3)17-19-11-14(12-20-17)16(22)24-5-2/h1,7-12H,5-6H2,2-3H3. The van der Waals surface area contributed by atoms with E-state index in [1.807, 2.05) is 0 Å². The summed E-state index contributed by atoms with van der Waals surface area (Å²) in [6.45, 7) is 3.81. The summed E-state index contributed by atoms with van der Waals surface area (Å²) in [7, 11) is 0. The van der Waals surface area contributed by atoms with Crippen LogP contribution in [-0.2, 0) is 9.47 Å². The summed E-state index contributed by atoms with van der Waals surface area (Å²) in [6, 6.07) is 6.84. The lowest BCUT2D eigenvalue weighted by molar-refractivity contribution is 0.0525. The predicted molar refractivity (Wildman–Crippen MR) is 91.5 cm³/mol. The van der Waals surface area contributed by atoms with Crippen LogP contribution in [-0.4, -0.2) is 35.2 Å². The predicted octanol–water partition coefficient (Wildman–Crippen LogP) is 2.93. The smallest absolute Gasteiger partial charge is 0.421 e. The van der Waals surface area contributed by atoms with Crippen molar-refractivity contribution in [3.8, 4) is 12.3 Å². The molecule has 2 rings (SSSR count). The number of benzene rings is 1. The molecule has 7 heteroatoms. The van der Waals surface area contributed by atoms with Crippen molar-refractivity contribution in [2.24, 2.45) is 0 Å². The molecule has 0 fully saturated rings. The van der Waals surface area contributed by atoms with E-state index >= 15 is 0 Å². The van der Waals surface area contributed by atoms with E-state index in [-0.39, 0.29) is 24.7 Å². The molecule has 0 atom stereocenters. The van der Waals surface area contributed by atoms with Gasteiger partial charge in [0.05, 0.1) is 24.5 Å². The molecule has 128 valence electrons. The van der Waals surface area contributed by atoms with Crippen LogP contribution in [0.4, 0.5) is 16.4 Å². The highest BCUT2D eigenvalue weighted by Crippen LogP contribution is 2.26. The number of nitrogens with zero attached hydrogens (tertiary/aromatic N) is 3. The fourth-order valence-electron chi connectivity index (χ4n) is 2.02. The molecule has 0 aliphatic rings. The Labute approximate surface area is 145 Å². The highest BCUT2D eigenvalue weighted by Gasteiger charge is 2.24. The quantitative estimate of drug-likeness (QED) is 0.615. The minimum Gasteiger partial charge on any atom is -0.462 e. The Morgan fingerprint density at radius 3 is 2.36 bits per heavy atom. The van der Waals surface area contributed by atoms with E-state index in [4.69, 9.17) is 15.9 Å². The van der Waals surface area contributed by atoms with Gasteiger partial charge in [0.2, 0.25) is 5.95 Å². The van der Waals surface area contributed by atoms with Crippen LogP contribution in [0, 0.1) is 12.3 Å². The monoisotopic (exact) mass is 339 g/mol. The molecule has 0 aliphatic carbocycles. The van der Waals surface area contributed by atoms with Crippen molar-refractivity contribution in [2.45, 2.75) is 13.8 Å². The largest absolute Gasteiger partial charge is 0.462 e. The lowest BCUT2D eigenvalue weighted by Crippen LogP contribution is -2.29. The van der Waals surface area contributed by atoms with E-state index in [1.165, 1.54) is 12.4 Å². The molecule has 0 spiro atoms. The lowest BCUT2D eigenvalue weighted by Gasteiger charge is -2.21. The number of rotatable bonds is 5. The van der Waals surface area contributed by atoms with Crippen LogP contribution in [0.25, 0.3) is 0 Å². The van der Waals surface area contributed by atoms with E-state index < -0.39 is 12.1 Å². The molecular formula is C18H17N3O4. The zero-order chi connectivity index (χ0) is 18.2. The van der Waals surface area contributed by atoms with Gasteiger partial charge in [-0.3, -0.25) is 0 Å². The minimum absolute atomic E-state index is 0.0363. The van der Waals surface area contributed by atoms with Gasteiger partial charge in [-0.2, -0.15) is 0 Å². The minimum atomic E-state index is -0.672. The molecule has 0 bridgehead atoms. The second-order valence-corrected chi connectivity index (χ2v) is 4.69. The highest BCUT2D eigenvalue weighted by molar-refractivity contribution is 5.96. The Hall–Kier alpha value is -3.40. The molecule has 0 saturated heterocycles. The SMILES string of the molecule is C#Cc1ccccc1N(C(=O)OCC)c1ncc(C(=O)OCC)cn1. The molecular weight excluding hydrogens is 322 g/mol. The van der Waals surface area contributed by atoms with Crippen molar-refractivity contribution < 1.29 is 19.1 Å².